The minimum Gasteiger partial charge on any atom is -0.384 e. The predicted molar refractivity (Wildman–Crippen MR) is 81.4 cm³/mol. The van der Waals surface area contributed by atoms with Gasteiger partial charge in [-0.2, -0.15) is 0 Å². The van der Waals surface area contributed by atoms with Crippen LogP contribution in [0.2, 0.25) is 0 Å². The molecule has 1 saturated heterocycles. The standard InChI is InChI=1S/C14H20BrN3O/c1-14(5-2-6-17-8-14)9-18-12-7-10(15)3-4-11(12)13(16)19/h3-4,7,17-18H,2,5-6,8-9H2,1H3,(H2,16,19). The maximum Gasteiger partial charge on any atom is 0.250 e. The van der Waals surface area contributed by atoms with Crippen molar-refractivity contribution < 1.29 is 4.79 Å². The first-order valence-corrected chi connectivity index (χ1v) is 7.33. The van der Waals surface area contributed by atoms with E-state index in [2.05, 4.69) is 33.5 Å². The van der Waals surface area contributed by atoms with E-state index in [9.17, 15) is 4.79 Å². The van der Waals surface area contributed by atoms with Crippen molar-refractivity contribution >= 4 is 27.5 Å². The van der Waals surface area contributed by atoms with E-state index < -0.39 is 5.91 Å². The fourth-order valence-corrected chi connectivity index (χ4v) is 2.82. The Bertz CT molecular complexity index is 470. The summed E-state index contributed by atoms with van der Waals surface area (Å²) >= 11 is 3.42. The molecular weight excluding hydrogens is 306 g/mol. The van der Waals surface area contributed by atoms with Crippen molar-refractivity contribution in [2.24, 2.45) is 11.1 Å². The summed E-state index contributed by atoms with van der Waals surface area (Å²) in [6.07, 6.45) is 2.38. The topological polar surface area (TPSA) is 67.1 Å². The lowest BCUT2D eigenvalue weighted by atomic mass is 9.82. The molecule has 2 rings (SSSR count). The molecule has 1 fully saturated rings. The summed E-state index contributed by atoms with van der Waals surface area (Å²) in [6.45, 7) is 5.18. The summed E-state index contributed by atoms with van der Waals surface area (Å²) in [6, 6.07) is 5.48. The highest BCUT2D eigenvalue weighted by molar-refractivity contribution is 9.10. The van der Waals surface area contributed by atoms with Crippen LogP contribution in [0.3, 0.4) is 0 Å². The molecule has 0 aliphatic carbocycles. The summed E-state index contributed by atoms with van der Waals surface area (Å²) in [5.41, 5.74) is 6.95. The van der Waals surface area contributed by atoms with Gasteiger partial charge in [0, 0.05) is 23.2 Å². The maximum absolute atomic E-state index is 11.4. The van der Waals surface area contributed by atoms with Crippen LogP contribution in [-0.2, 0) is 0 Å². The molecule has 1 aromatic carbocycles. The van der Waals surface area contributed by atoms with Crippen LogP contribution in [0, 0.1) is 5.41 Å². The largest absolute Gasteiger partial charge is 0.384 e. The minimum absolute atomic E-state index is 0.218. The SMILES string of the molecule is CC1(CNc2cc(Br)ccc2C(N)=O)CCCNC1. The molecule has 0 aromatic heterocycles. The lowest BCUT2D eigenvalue weighted by Crippen LogP contribution is -2.42. The Hall–Kier alpha value is -1.07. The first kappa shape index (κ1) is 14.3. The summed E-state index contributed by atoms with van der Waals surface area (Å²) < 4.78 is 0.937. The number of piperidine rings is 1. The summed E-state index contributed by atoms with van der Waals surface area (Å²) in [5.74, 6) is -0.401. The molecule has 1 heterocycles. The maximum atomic E-state index is 11.4. The number of halogens is 1. The van der Waals surface area contributed by atoms with Crippen LogP contribution in [0.5, 0.6) is 0 Å². The number of benzene rings is 1. The number of carbonyl (C=O) groups excluding carboxylic acids is 1. The predicted octanol–water partition coefficient (Wildman–Crippen LogP) is 2.35. The number of anilines is 1. The van der Waals surface area contributed by atoms with Gasteiger partial charge in [0.25, 0.3) is 5.91 Å². The van der Waals surface area contributed by atoms with Crippen LogP contribution in [0.15, 0.2) is 22.7 Å². The van der Waals surface area contributed by atoms with Crippen molar-refractivity contribution in [1.29, 1.82) is 0 Å². The van der Waals surface area contributed by atoms with Gasteiger partial charge in [0.05, 0.1) is 5.56 Å². The van der Waals surface area contributed by atoms with Crippen molar-refractivity contribution in [2.45, 2.75) is 19.8 Å². The van der Waals surface area contributed by atoms with Gasteiger partial charge in [-0.25, -0.2) is 0 Å². The molecule has 1 atom stereocenters. The lowest BCUT2D eigenvalue weighted by Gasteiger charge is -2.34. The fraction of sp³-hybridized carbons (Fsp3) is 0.500. The molecule has 1 aliphatic heterocycles. The minimum atomic E-state index is -0.401. The zero-order valence-electron chi connectivity index (χ0n) is 11.1. The molecule has 0 saturated carbocycles. The van der Waals surface area contributed by atoms with E-state index in [-0.39, 0.29) is 5.41 Å². The monoisotopic (exact) mass is 325 g/mol. The average Bonchev–Trinajstić information content (AvgIpc) is 2.37. The first-order chi connectivity index (χ1) is 9.00. The Kier molecular flexibility index (Phi) is 4.47. The quantitative estimate of drug-likeness (QED) is 0.796. The van der Waals surface area contributed by atoms with Crippen molar-refractivity contribution in [3.63, 3.8) is 0 Å². The Labute approximate surface area is 122 Å². The number of hydrogen-bond acceptors (Lipinski definition) is 3. The van der Waals surface area contributed by atoms with Gasteiger partial charge in [-0.3, -0.25) is 4.79 Å². The normalized spacial score (nSPS) is 23.1. The highest BCUT2D eigenvalue weighted by Gasteiger charge is 2.26. The Morgan fingerprint density at radius 2 is 2.37 bits per heavy atom. The van der Waals surface area contributed by atoms with E-state index >= 15 is 0 Å². The number of nitrogens with two attached hydrogens (primary N) is 1. The molecule has 5 heteroatoms. The molecule has 0 spiro atoms. The lowest BCUT2D eigenvalue weighted by molar-refractivity contribution is 0.100. The van der Waals surface area contributed by atoms with Gasteiger partial charge in [0.2, 0.25) is 0 Å². The van der Waals surface area contributed by atoms with E-state index in [0.717, 1.165) is 29.8 Å². The van der Waals surface area contributed by atoms with Gasteiger partial charge in [0.15, 0.2) is 0 Å². The molecule has 0 radical (unpaired) electrons. The number of nitrogens with one attached hydrogen (secondary N) is 2. The van der Waals surface area contributed by atoms with Gasteiger partial charge >= 0.3 is 0 Å². The van der Waals surface area contributed by atoms with Gasteiger partial charge in [-0.05, 0) is 43.0 Å². The second kappa shape index (κ2) is 5.92. The van der Waals surface area contributed by atoms with Crippen LogP contribution < -0.4 is 16.4 Å². The molecule has 1 aliphatic rings. The molecule has 1 aromatic rings. The molecule has 19 heavy (non-hydrogen) atoms. The molecular formula is C14H20BrN3O. The smallest absolute Gasteiger partial charge is 0.250 e. The third kappa shape index (κ3) is 3.70. The van der Waals surface area contributed by atoms with E-state index in [4.69, 9.17) is 5.73 Å². The van der Waals surface area contributed by atoms with Crippen molar-refractivity contribution in [1.82, 2.24) is 5.32 Å². The zero-order chi connectivity index (χ0) is 13.9. The third-order valence-corrected chi connectivity index (χ3v) is 4.13. The summed E-state index contributed by atoms with van der Waals surface area (Å²) in [7, 11) is 0. The van der Waals surface area contributed by atoms with Crippen molar-refractivity contribution in [2.75, 3.05) is 25.0 Å². The number of carbonyl (C=O) groups is 1. The van der Waals surface area contributed by atoms with E-state index in [1.807, 2.05) is 12.1 Å². The van der Waals surface area contributed by atoms with Crippen LogP contribution in [0.1, 0.15) is 30.1 Å². The Morgan fingerprint density at radius 1 is 1.58 bits per heavy atom. The first-order valence-electron chi connectivity index (χ1n) is 6.54. The average molecular weight is 326 g/mol. The highest BCUT2D eigenvalue weighted by Crippen LogP contribution is 2.27. The van der Waals surface area contributed by atoms with Crippen LogP contribution in [-0.4, -0.2) is 25.5 Å². The van der Waals surface area contributed by atoms with Gasteiger partial charge in [0.1, 0.15) is 0 Å². The molecule has 104 valence electrons. The Morgan fingerprint density at radius 3 is 3.00 bits per heavy atom. The number of amides is 1. The summed E-state index contributed by atoms with van der Waals surface area (Å²) in [5, 5.41) is 6.79. The van der Waals surface area contributed by atoms with Gasteiger partial charge < -0.3 is 16.4 Å². The van der Waals surface area contributed by atoms with Gasteiger partial charge in [-0.1, -0.05) is 22.9 Å². The fourth-order valence-electron chi connectivity index (χ4n) is 2.46. The highest BCUT2D eigenvalue weighted by atomic mass is 79.9. The molecule has 0 bridgehead atoms. The van der Waals surface area contributed by atoms with Crippen LogP contribution in [0.25, 0.3) is 0 Å². The number of primary amides is 1. The summed E-state index contributed by atoms with van der Waals surface area (Å²) in [4.78, 5) is 11.4. The van der Waals surface area contributed by atoms with E-state index in [0.29, 0.717) is 5.56 Å². The second-order valence-electron chi connectivity index (χ2n) is 5.50. The van der Waals surface area contributed by atoms with Crippen LogP contribution in [0.4, 0.5) is 5.69 Å². The molecule has 4 N–H and O–H groups in total. The molecule has 1 amide bonds. The Balaban J connectivity index is 2.10. The van der Waals surface area contributed by atoms with Crippen molar-refractivity contribution in [3.8, 4) is 0 Å². The van der Waals surface area contributed by atoms with E-state index in [1.54, 1.807) is 6.07 Å². The molecule has 1 unspecified atom stereocenters. The van der Waals surface area contributed by atoms with Crippen LogP contribution >= 0.6 is 15.9 Å². The second-order valence-corrected chi connectivity index (χ2v) is 6.41. The van der Waals surface area contributed by atoms with Crippen molar-refractivity contribution in [3.05, 3.63) is 28.2 Å². The van der Waals surface area contributed by atoms with Gasteiger partial charge in [-0.15, -0.1) is 0 Å². The molecule has 4 nitrogen and oxygen atoms in total. The van der Waals surface area contributed by atoms with E-state index in [1.165, 1.54) is 12.8 Å². The zero-order valence-corrected chi connectivity index (χ0v) is 12.7. The third-order valence-electron chi connectivity index (χ3n) is 3.64. The number of rotatable bonds is 4. The number of hydrogen-bond donors (Lipinski definition) is 3.